The monoisotopic (exact) mass is 717 g/mol. The quantitative estimate of drug-likeness (QED) is 0.178. The standard InChI is InChI=1S/C50H31N5O/c1-3-14-32(15-4-1)49-51-52-50(33-16-5-2-6-17-33)55(49)36-26-27-39-37-20-7-10-23-43(37)53(45(39)29-36)34-18-13-19-35(28-34)54-44-24-11-8-21-38(44)41-30-42-40-22-9-12-25-47(40)56-48(42)31-46(41)54/h1-31H. The molecular weight excluding hydrogens is 687 g/mol. The van der Waals surface area contributed by atoms with Gasteiger partial charge < -0.3 is 13.6 Å². The van der Waals surface area contributed by atoms with Gasteiger partial charge in [-0.3, -0.25) is 4.57 Å². The molecule has 12 rings (SSSR count). The van der Waals surface area contributed by atoms with Crippen LogP contribution < -0.4 is 0 Å². The van der Waals surface area contributed by atoms with Crippen molar-refractivity contribution in [2.24, 2.45) is 0 Å². The van der Waals surface area contributed by atoms with E-state index in [1.807, 2.05) is 48.5 Å². The molecule has 0 saturated heterocycles. The summed E-state index contributed by atoms with van der Waals surface area (Å²) in [6, 6.07) is 66.3. The molecule has 56 heavy (non-hydrogen) atoms. The topological polar surface area (TPSA) is 53.7 Å². The Labute approximate surface area is 320 Å². The Kier molecular flexibility index (Phi) is 6.53. The summed E-state index contributed by atoms with van der Waals surface area (Å²) in [4.78, 5) is 0. The third-order valence-corrected chi connectivity index (χ3v) is 11.2. The maximum Gasteiger partial charge on any atom is 0.168 e. The Morgan fingerprint density at radius 1 is 0.304 bits per heavy atom. The molecule has 0 saturated carbocycles. The van der Waals surface area contributed by atoms with Crippen molar-refractivity contribution in [3.63, 3.8) is 0 Å². The number of hydrogen-bond acceptors (Lipinski definition) is 3. The van der Waals surface area contributed by atoms with Crippen LogP contribution >= 0.6 is 0 Å². The highest BCUT2D eigenvalue weighted by Crippen LogP contribution is 2.40. The van der Waals surface area contributed by atoms with Crippen LogP contribution in [0.5, 0.6) is 0 Å². The number of fused-ring (bicyclic) bond motifs is 9. The van der Waals surface area contributed by atoms with Crippen LogP contribution in [0.2, 0.25) is 0 Å². The van der Waals surface area contributed by atoms with Crippen molar-refractivity contribution in [2.45, 2.75) is 0 Å². The first kappa shape index (κ1) is 30.7. The van der Waals surface area contributed by atoms with Crippen LogP contribution in [0.15, 0.2) is 192 Å². The second kappa shape index (κ2) is 11.9. The van der Waals surface area contributed by atoms with Gasteiger partial charge in [0.05, 0.1) is 27.8 Å². The lowest BCUT2D eigenvalue weighted by molar-refractivity contribution is 0.669. The summed E-state index contributed by atoms with van der Waals surface area (Å²) in [5.74, 6) is 1.58. The van der Waals surface area contributed by atoms with Crippen molar-refractivity contribution < 1.29 is 4.42 Å². The number of hydrogen-bond donors (Lipinski definition) is 0. The summed E-state index contributed by atoms with van der Waals surface area (Å²) < 4.78 is 13.4. The smallest absolute Gasteiger partial charge is 0.168 e. The summed E-state index contributed by atoms with van der Waals surface area (Å²) in [6.07, 6.45) is 0. The van der Waals surface area contributed by atoms with E-state index >= 15 is 0 Å². The number of aromatic nitrogens is 5. The van der Waals surface area contributed by atoms with E-state index in [1.54, 1.807) is 0 Å². The van der Waals surface area contributed by atoms with Crippen LogP contribution in [-0.4, -0.2) is 23.9 Å². The highest BCUT2D eigenvalue weighted by molar-refractivity contribution is 6.17. The lowest BCUT2D eigenvalue weighted by Crippen LogP contribution is -2.02. The fourth-order valence-corrected chi connectivity index (χ4v) is 8.69. The van der Waals surface area contributed by atoms with E-state index in [1.165, 1.54) is 21.5 Å². The lowest BCUT2D eigenvalue weighted by Gasteiger charge is -2.14. The van der Waals surface area contributed by atoms with E-state index in [4.69, 9.17) is 14.6 Å². The van der Waals surface area contributed by atoms with Crippen LogP contribution in [0, 0.1) is 0 Å². The average Bonchev–Trinajstić information content (AvgIpc) is 4.03. The minimum atomic E-state index is 0.790. The van der Waals surface area contributed by atoms with Crippen LogP contribution in [0.3, 0.4) is 0 Å². The number of nitrogens with zero attached hydrogens (tertiary/aromatic N) is 5. The third kappa shape index (κ3) is 4.50. The average molecular weight is 718 g/mol. The summed E-state index contributed by atoms with van der Waals surface area (Å²) >= 11 is 0. The molecule has 0 amide bonds. The molecular formula is C50H31N5O. The first-order chi connectivity index (χ1) is 27.8. The Morgan fingerprint density at radius 3 is 1.48 bits per heavy atom. The van der Waals surface area contributed by atoms with Gasteiger partial charge in [0, 0.05) is 60.9 Å². The van der Waals surface area contributed by atoms with Crippen molar-refractivity contribution in [1.82, 2.24) is 23.9 Å². The molecule has 0 radical (unpaired) electrons. The molecule has 0 aliphatic rings. The van der Waals surface area contributed by atoms with Crippen LogP contribution in [0.25, 0.3) is 105 Å². The highest BCUT2D eigenvalue weighted by atomic mass is 16.3. The molecule has 0 N–H and O–H groups in total. The predicted molar refractivity (Wildman–Crippen MR) is 228 cm³/mol. The summed E-state index contributed by atoms with van der Waals surface area (Å²) in [7, 11) is 0. The van der Waals surface area contributed by atoms with Gasteiger partial charge in [-0.1, -0.05) is 127 Å². The number of para-hydroxylation sites is 3. The fraction of sp³-hybridized carbons (Fsp3) is 0. The molecule has 0 spiro atoms. The lowest BCUT2D eigenvalue weighted by atomic mass is 10.1. The fourth-order valence-electron chi connectivity index (χ4n) is 8.69. The predicted octanol–water partition coefficient (Wildman–Crippen LogP) is 12.7. The zero-order valence-corrected chi connectivity index (χ0v) is 30.0. The van der Waals surface area contributed by atoms with E-state index in [0.717, 1.165) is 83.8 Å². The second-order valence-corrected chi connectivity index (χ2v) is 14.3. The molecule has 12 aromatic rings. The second-order valence-electron chi connectivity index (χ2n) is 14.3. The molecule has 0 bridgehead atoms. The van der Waals surface area contributed by atoms with Crippen LogP contribution in [0.1, 0.15) is 0 Å². The Balaban J connectivity index is 1.10. The van der Waals surface area contributed by atoms with Crippen molar-refractivity contribution in [2.75, 3.05) is 0 Å². The van der Waals surface area contributed by atoms with Crippen molar-refractivity contribution in [1.29, 1.82) is 0 Å². The molecule has 6 nitrogen and oxygen atoms in total. The third-order valence-electron chi connectivity index (χ3n) is 11.2. The number of rotatable bonds is 5. The van der Waals surface area contributed by atoms with Crippen LogP contribution in [-0.2, 0) is 0 Å². The van der Waals surface area contributed by atoms with Gasteiger partial charge in [-0.25, -0.2) is 0 Å². The zero-order chi connectivity index (χ0) is 36.7. The zero-order valence-electron chi connectivity index (χ0n) is 30.0. The molecule has 6 heteroatoms. The van der Waals surface area contributed by atoms with Crippen LogP contribution in [0.4, 0.5) is 0 Å². The first-order valence-corrected chi connectivity index (χ1v) is 18.8. The van der Waals surface area contributed by atoms with E-state index in [2.05, 4.69) is 153 Å². The van der Waals surface area contributed by atoms with Gasteiger partial charge in [0.25, 0.3) is 0 Å². The maximum absolute atomic E-state index is 6.41. The van der Waals surface area contributed by atoms with Crippen molar-refractivity contribution in [3.8, 4) is 39.8 Å². The molecule has 8 aromatic carbocycles. The largest absolute Gasteiger partial charge is 0.456 e. The van der Waals surface area contributed by atoms with Gasteiger partial charge >= 0.3 is 0 Å². The SMILES string of the molecule is c1ccc(-c2nnc(-c3ccccc3)n2-c2ccc3c4ccccc4n(-c4cccc(-n5c6ccccc6c6cc7c(cc65)oc5ccccc57)c4)c3c2)cc1. The summed E-state index contributed by atoms with van der Waals surface area (Å²) in [5, 5.41) is 16.6. The summed E-state index contributed by atoms with van der Waals surface area (Å²) in [5.41, 5.74) is 11.4. The van der Waals surface area contributed by atoms with Crippen molar-refractivity contribution in [3.05, 3.63) is 188 Å². The minimum Gasteiger partial charge on any atom is -0.456 e. The maximum atomic E-state index is 6.41. The van der Waals surface area contributed by atoms with E-state index in [9.17, 15) is 0 Å². The van der Waals surface area contributed by atoms with E-state index in [0.29, 0.717) is 0 Å². The van der Waals surface area contributed by atoms with Gasteiger partial charge in [0.1, 0.15) is 11.2 Å². The Morgan fingerprint density at radius 2 is 0.821 bits per heavy atom. The van der Waals surface area contributed by atoms with E-state index < -0.39 is 0 Å². The minimum absolute atomic E-state index is 0.790. The highest BCUT2D eigenvalue weighted by Gasteiger charge is 2.21. The molecule has 0 atom stereocenters. The first-order valence-electron chi connectivity index (χ1n) is 18.8. The summed E-state index contributed by atoms with van der Waals surface area (Å²) in [6.45, 7) is 0. The molecule has 4 aromatic heterocycles. The molecule has 0 aliphatic heterocycles. The Hall–Kier alpha value is -7.70. The van der Waals surface area contributed by atoms with Gasteiger partial charge in [-0.2, -0.15) is 0 Å². The van der Waals surface area contributed by atoms with Gasteiger partial charge in [-0.15, -0.1) is 10.2 Å². The molecule has 4 heterocycles. The molecule has 262 valence electrons. The van der Waals surface area contributed by atoms with Gasteiger partial charge in [-0.05, 0) is 54.6 Å². The number of benzene rings is 8. The van der Waals surface area contributed by atoms with Gasteiger partial charge in [0.15, 0.2) is 11.6 Å². The molecule has 0 fully saturated rings. The normalized spacial score (nSPS) is 11.9. The van der Waals surface area contributed by atoms with Crippen molar-refractivity contribution >= 4 is 65.6 Å². The van der Waals surface area contributed by atoms with E-state index in [-0.39, 0.29) is 0 Å². The van der Waals surface area contributed by atoms with Gasteiger partial charge in [0.2, 0.25) is 0 Å². The molecule has 0 unspecified atom stereocenters. The number of furan rings is 1. The Bertz CT molecular complexity index is 3420. The molecule has 0 aliphatic carbocycles.